The Kier molecular flexibility index (Phi) is 5.33. The second-order valence-electron chi connectivity index (χ2n) is 6.77. The number of ether oxygens (including phenoxy) is 2. The van der Waals surface area contributed by atoms with Gasteiger partial charge in [0.15, 0.2) is 0 Å². The number of amides is 2. The summed E-state index contributed by atoms with van der Waals surface area (Å²) in [5.74, 6) is -0.0357. The van der Waals surface area contributed by atoms with Gasteiger partial charge in [-0.25, -0.2) is 4.98 Å². The minimum absolute atomic E-state index is 0.0318. The highest BCUT2D eigenvalue weighted by Crippen LogP contribution is 2.41. The van der Waals surface area contributed by atoms with Crippen LogP contribution in [0.5, 0.6) is 0 Å². The van der Waals surface area contributed by atoms with E-state index in [1.165, 1.54) is 18.1 Å². The number of likely N-dealkylation sites (tertiary alicyclic amines) is 1. The van der Waals surface area contributed by atoms with Crippen molar-refractivity contribution in [1.29, 1.82) is 0 Å². The number of carbonyl (C=O) groups excluding carboxylic acids is 2. The number of rotatable bonds is 4. The molecule has 1 spiro atoms. The molecule has 0 unspecified atom stereocenters. The molecule has 1 N–H and O–H groups in total. The van der Waals surface area contributed by atoms with Crippen LogP contribution in [0.4, 0.5) is 0 Å². The molecular formula is C16H25N5O4. The summed E-state index contributed by atoms with van der Waals surface area (Å²) < 4.78 is 12.0. The van der Waals surface area contributed by atoms with Crippen LogP contribution < -0.4 is 5.32 Å². The van der Waals surface area contributed by atoms with Crippen molar-refractivity contribution in [2.75, 3.05) is 40.0 Å². The summed E-state index contributed by atoms with van der Waals surface area (Å²) >= 11 is 0. The molecule has 3 rings (SSSR count). The third-order valence-corrected chi connectivity index (χ3v) is 5.22. The highest BCUT2D eigenvalue weighted by molar-refractivity contribution is 5.90. The van der Waals surface area contributed by atoms with Crippen molar-refractivity contribution in [3.8, 4) is 0 Å². The molecule has 0 bridgehead atoms. The third kappa shape index (κ3) is 3.82. The lowest BCUT2D eigenvalue weighted by atomic mass is 9.69. The van der Waals surface area contributed by atoms with Crippen molar-refractivity contribution in [2.24, 2.45) is 12.5 Å². The predicted octanol–water partition coefficient (Wildman–Crippen LogP) is -0.411. The Labute approximate surface area is 146 Å². The van der Waals surface area contributed by atoms with Gasteiger partial charge in [0, 0.05) is 33.9 Å². The van der Waals surface area contributed by atoms with E-state index < -0.39 is 0 Å². The average Bonchev–Trinajstić information content (AvgIpc) is 3.04. The van der Waals surface area contributed by atoms with E-state index in [1.54, 1.807) is 11.9 Å². The van der Waals surface area contributed by atoms with Crippen molar-refractivity contribution in [2.45, 2.75) is 25.3 Å². The molecule has 2 amide bonds. The van der Waals surface area contributed by atoms with E-state index in [-0.39, 0.29) is 35.7 Å². The zero-order valence-corrected chi connectivity index (χ0v) is 14.7. The molecule has 25 heavy (non-hydrogen) atoms. The fourth-order valence-corrected chi connectivity index (χ4v) is 3.72. The van der Waals surface area contributed by atoms with Crippen molar-refractivity contribution in [1.82, 2.24) is 25.0 Å². The summed E-state index contributed by atoms with van der Waals surface area (Å²) in [6.07, 6.45) is 4.06. The first kappa shape index (κ1) is 17.8. The predicted molar refractivity (Wildman–Crippen MR) is 87.8 cm³/mol. The van der Waals surface area contributed by atoms with Gasteiger partial charge in [-0.1, -0.05) is 0 Å². The van der Waals surface area contributed by atoms with Gasteiger partial charge in [0.2, 0.25) is 11.7 Å². The monoisotopic (exact) mass is 351 g/mol. The van der Waals surface area contributed by atoms with Gasteiger partial charge in [-0.05, 0) is 24.7 Å². The van der Waals surface area contributed by atoms with E-state index in [0.717, 1.165) is 19.3 Å². The topological polar surface area (TPSA) is 98.6 Å². The lowest BCUT2D eigenvalue weighted by Gasteiger charge is -2.48. The molecule has 0 radical (unpaired) electrons. The van der Waals surface area contributed by atoms with Gasteiger partial charge in [0.25, 0.3) is 5.91 Å². The van der Waals surface area contributed by atoms with E-state index in [4.69, 9.17) is 9.47 Å². The van der Waals surface area contributed by atoms with Crippen LogP contribution in [0, 0.1) is 5.41 Å². The molecule has 1 aromatic heterocycles. The first-order valence-electron chi connectivity index (χ1n) is 8.55. The smallest absolute Gasteiger partial charge is 0.293 e. The zero-order chi connectivity index (χ0) is 17.9. The van der Waals surface area contributed by atoms with Crippen molar-refractivity contribution in [3.63, 3.8) is 0 Å². The second-order valence-corrected chi connectivity index (χ2v) is 6.77. The van der Waals surface area contributed by atoms with Gasteiger partial charge < -0.3 is 19.7 Å². The second kappa shape index (κ2) is 7.49. The van der Waals surface area contributed by atoms with Crippen molar-refractivity contribution in [3.05, 3.63) is 12.2 Å². The van der Waals surface area contributed by atoms with E-state index in [9.17, 15) is 9.59 Å². The van der Waals surface area contributed by atoms with Crippen LogP contribution in [0.15, 0.2) is 6.33 Å². The molecule has 9 heteroatoms. The standard InChI is InChI=1S/C16H25N5O4/c1-20-11-17-14(19-20)15(23)21-6-3-16(4-7-21)5-8-25-9-12(16)18-13(22)10-24-2/h11-12H,3-10H2,1-2H3,(H,18,22)/t12-/m0/s1. The Morgan fingerprint density at radius 2 is 2.16 bits per heavy atom. The lowest BCUT2D eigenvalue weighted by molar-refractivity contribution is -0.130. The largest absolute Gasteiger partial charge is 0.379 e. The molecule has 2 fully saturated rings. The molecule has 0 aromatic carbocycles. The first-order chi connectivity index (χ1) is 12.0. The van der Waals surface area contributed by atoms with Gasteiger partial charge >= 0.3 is 0 Å². The van der Waals surface area contributed by atoms with Crippen LogP contribution in [0.1, 0.15) is 29.9 Å². The normalized spacial score (nSPS) is 22.8. The third-order valence-electron chi connectivity index (χ3n) is 5.22. The summed E-state index contributed by atoms with van der Waals surface area (Å²) in [6.45, 7) is 2.50. The Morgan fingerprint density at radius 1 is 1.40 bits per heavy atom. The number of nitrogens with one attached hydrogen (secondary N) is 1. The Balaban J connectivity index is 1.63. The average molecular weight is 351 g/mol. The number of hydrogen-bond acceptors (Lipinski definition) is 6. The fourth-order valence-electron chi connectivity index (χ4n) is 3.72. The quantitative estimate of drug-likeness (QED) is 0.792. The lowest BCUT2D eigenvalue weighted by Crippen LogP contribution is -2.58. The molecule has 0 saturated carbocycles. The maximum atomic E-state index is 12.5. The van der Waals surface area contributed by atoms with Gasteiger partial charge in [-0.3, -0.25) is 14.3 Å². The van der Waals surface area contributed by atoms with Crippen LogP contribution >= 0.6 is 0 Å². The molecule has 1 aromatic rings. The van der Waals surface area contributed by atoms with Gasteiger partial charge in [-0.15, -0.1) is 5.10 Å². The molecule has 2 saturated heterocycles. The Morgan fingerprint density at radius 3 is 2.80 bits per heavy atom. The van der Waals surface area contributed by atoms with Crippen molar-refractivity contribution < 1.29 is 19.1 Å². The maximum Gasteiger partial charge on any atom is 0.293 e. The van der Waals surface area contributed by atoms with Crippen LogP contribution in [0.3, 0.4) is 0 Å². The molecule has 1 atom stereocenters. The van der Waals surface area contributed by atoms with Gasteiger partial charge in [0.1, 0.15) is 12.9 Å². The number of hydrogen-bond donors (Lipinski definition) is 1. The van der Waals surface area contributed by atoms with Crippen LogP contribution in [0.25, 0.3) is 0 Å². The molecule has 9 nitrogen and oxygen atoms in total. The summed E-state index contributed by atoms with van der Waals surface area (Å²) in [4.78, 5) is 30.3. The Bertz CT molecular complexity index is 624. The number of carbonyl (C=O) groups is 2. The molecule has 3 heterocycles. The van der Waals surface area contributed by atoms with Gasteiger partial charge in [-0.2, -0.15) is 0 Å². The summed E-state index contributed by atoms with van der Waals surface area (Å²) in [5, 5.41) is 7.13. The van der Waals surface area contributed by atoms with Crippen LogP contribution in [0.2, 0.25) is 0 Å². The number of aryl methyl sites for hydroxylation is 1. The zero-order valence-electron chi connectivity index (χ0n) is 14.7. The summed E-state index contributed by atoms with van der Waals surface area (Å²) in [5.41, 5.74) is -0.0318. The molecular weight excluding hydrogens is 326 g/mol. The highest BCUT2D eigenvalue weighted by atomic mass is 16.5. The summed E-state index contributed by atoms with van der Waals surface area (Å²) in [7, 11) is 3.24. The first-order valence-corrected chi connectivity index (χ1v) is 8.55. The van der Waals surface area contributed by atoms with E-state index in [2.05, 4.69) is 15.4 Å². The van der Waals surface area contributed by atoms with Crippen LogP contribution in [-0.4, -0.2) is 77.5 Å². The minimum atomic E-state index is -0.137. The number of methoxy groups -OCH3 is 1. The van der Waals surface area contributed by atoms with Crippen molar-refractivity contribution >= 4 is 11.8 Å². The number of aromatic nitrogens is 3. The maximum absolute atomic E-state index is 12.5. The van der Waals surface area contributed by atoms with E-state index in [1.807, 2.05) is 0 Å². The fraction of sp³-hybridized carbons (Fsp3) is 0.750. The minimum Gasteiger partial charge on any atom is -0.379 e. The van der Waals surface area contributed by atoms with Crippen LogP contribution in [-0.2, 0) is 21.3 Å². The number of nitrogens with zero attached hydrogens (tertiary/aromatic N) is 4. The number of piperidine rings is 1. The highest BCUT2D eigenvalue weighted by Gasteiger charge is 2.45. The Hall–Kier alpha value is -2.00. The molecule has 0 aliphatic carbocycles. The van der Waals surface area contributed by atoms with E-state index in [0.29, 0.717) is 26.3 Å². The molecule has 2 aliphatic heterocycles. The molecule has 138 valence electrons. The van der Waals surface area contributed by atoms with E-state index >= 15 is 0 Å². The summed E-state index contributed by atoms with van der Waals surface area (Å²) in [6, 6.07) is -0.0471. The molecule has 2 aliphatic rings. The SMILES string of the molecule is COCC(=O)N[C@H]1COCCC12CCN(C(=O)c1ncn(C)n1)CC2. The van der Waals surface area contributed by atoms with Gasteiger partial charge in [0.05, 0.1) is 12.6 Å².